The minimum atomic E-state index is -0.243. The molecule has 0 radical (unpaired) electrons. The zero-order valence-corrected chi connectivity index (χ0v) is 15.0. The lowest BCUT2D eigenvalue weighted by Gasteiger charge is -2.41. The van der Waals surface area contributed by atoms with E-state index in [0.29, 0.717) is 23.1 Å². The van der Waals surface area contributed by atoms with Crippen molar-refractivity contribution in [1.82, 2.24) is 15.5 Å². The van der Waals surface area contributed by atoms with Crippen LogP contribution >= 0.6 is 23.2 Å². The van der Waals surface area contributed by atoms with Gasteiger partial charge in [0.25, 0.3) is 0 Å². The lowest BCUT2D eigenvalue weighted by Crippen LogP contribution is -2.63. The largest absolute Gasteiger partial charge is 0.350 e. The average molecular weight is 370 g/mol. The molecule has 0 spiro atoms. The van der Waals surface area contributed by atoms with Crippen molar-refractivity contribution < 1.29 is 9.59 Å². The molecule has 0 aromatic heterocycles. The molecule has 1 aliphatic carbocycles. The Bertz CT molecular complexity index is 643. The lowest BCUT2D eigenvalue weighted by molar-refractivity contribution is -0.129. The topological polar surface area (TPSA) is 61.4 Å². The highest BCUT2D eigenvalue weighted by atomic mass is 35.5. The number of carbonyl (C=O) groups is 2. The third-order valence-electron chi connectivity index (χ3n) is 4.78. The Balaban J connectivity index is 1.46. The van der Waals surface area contributed by atoms with Gasteiger partial charge in [-0.15, -0.1) is 0 Å². The molecule has 1 aromatic carbocycles. The Morgan fingerprint density at radius 1 is 1.25 bits per heavy atom. The zero-order valence-electron chi connectivity index (χ0n) is 13.5. The van der Waals surface area contributed by atoms with Gasteiger partial charge < -0.3 is 15.5 Å². The SMILES string of the molecule is CC(NC(=O)N1CC(NC(=O)C2CCC2)C1)c1cccc(Cl)c1Cl. The molecule has 2 N–H and O–H groups in total. The third kappa shape index (κ3) is 3.62. The maximum absolute atomic E-state index is 12.3. The molecule has 3 rings (SSSR count). The quantitative estimate of drug-likeness (QED) is 0.854. The Morgan fingerprint density at radius 3 is 2.58 bits per heavy atom. The Morgan fingerprint density at radius 2 is 1.96 bits per heavy atom. The second-order valence-electron chi connectivity index (χ2n) is 6.55. The van der Waals surface area contributed by atoms with Crippen molar-refractivity contribution in [2.45, 2.75) is 38.3 Å². The fourth-order valence-electron chi connectivity index (χ4n) is 2.93. The first-order valence-electron chi connectivity index (χ1n) is 8.25. The predicted octanol–water partition coefficient (Wildman–Crippen LogP) is 3.36. The number of benzene rings is 1. The third-order valence-corrected chi connectivity index (χ3v) is 5.61. The van der Waals surface area contributed by atoms with Gasteiger partial charge in [-0.05, 0) is 31.4 Å². The summed E-state index contributed by atoms with van der Waals surface area (Å²) in [6.45, 7) is 2.95. The van der Waals surface area contributed by atoms with Crippen LogP contribution in [0.4, 0.5) is 4.79 Å². The van der Waals surface area contributed by atoms with Crippen LogP contribution in [0.1, 0.15) is 37.8 Å². The lowest BCUT2D eigenvalue weighted by atomic mass is 9.84. The second-order valence-corrected chi connectivity index (χ2v) is 7.34. The number of halogens is 2. The number of rotatable bonds is 4. The molecule has 1 unspecified atom stereocenters. The highest BCUT2D eigenvalue weighted by Gasteiger charge is 2.35. The van der Waals surface area contributed by atoms with Crippen molar-refractivity contribution in [3.8, 4) is 0 Å². The molecular formula is C17H21Cl2N3O2. The predicted molar refractivity (Wildman–Crippen MR) is 94.3 cm³/mol. The van der Waals surface area contributed by atoms with Crippen molar-refractivity contribution in [3.05, 3.63) is 33.8 Å². The fraction of sp³-hybridized carbons (Fsp3) is 0.529. The molecule has 1 saturated heterocycles. The van der Waals surface area contributed by atoms with Crippen LogP contribution in [0.15, 0.2) is 18.2 Å². The standard InChI is InChI=1S/C17H21Cl2N3O2/c1-10(13-6-3-7-14(18)15(13)19)20-17(24)22-8-12(9-22)21-16(23)11-4-2-5-11/h3,6-7,10-12H,2,4-5,8-9H2,1H3,(H,20,24)(H,21,23). The molecule has 7 heteroatoms. The van der Waals surface area contributed by atoms with Crippen molar-refractivity contribution >= 4 is 35.1 Å². The molecule has 130 valence electrons. The Hall–Kier alpha value is -1.46. The number of urea groups is 1. The van der Waals surface area contributed by atoms with Gasteiger partial charge in [-0.3, -0.25) is 4.79 Å². The molecule has 1 saturated carbocycles. The van der Waals surface area contributed by atoms with Crippen LogP contribution < -0.4 is 10.6 Å². The van der Waals surface area contributed by atoms with Crippen molar-refractivity contribution in [1.29, 1.82) is 0 Å². The van der Waals surface area contributed by atoms with E-state index in [1.54, 1.807) is 11.0 Å². The van der Waals surface area contributed by atoms with Gasteiger partial charge >= 0.3 is 6.03 Å². The summed E-state index contributed by atoms with van der Waals surface area (Å²) in [6, 6.07) is 5.03. The van der Waals surface area contributed by atoms with Gasteiger partial charge in [-0.1, -0.05) is 41.8 Å². The first-order valence-corrected chi connectivity index (χ1v) is 9.01. The van der Waals surface area contributed by atoms with E-state index in [9.17, 15) is 9.59 Å². The van der Waals surface area contributed by atoms with Gasteiger partial charge in [-0.2, -0.15) is 0 Å². The molecule has 1 aliphatic heterocycles. The summed E-state index contributed by atoms with van der Waals surface area (Å²) < 4.78 is 0. The monoisotopic (exact) mass is 369 g/mol. The average Bonchev–Trinajstić information content (AvgIpc) is 2.43. The molecular weight excluding hydrogens is 349 g/mol. The first-order chi connectivity index (χ1) is 11.5. The first kappa shape index (κ1) is 17.4. The van der Waals surface area contributed by atoms with Gasteiger partial charge in [0, 0.05) is 19.0 Å². The van der Waals surface area contributed by atoms with Gasteiger partial charge in [-0.25, -0.2) is 4.79 Å². The molecule has 1 atom stereocenters. The summed E-state index contributed by atoms with van der Waals surface area (Å²) in [7, 11) is 0. The molecule has 5 nitrogen and oxygen atoms in total. The van der Waals surface area contributed by atoms with Gasteiger partial charge in [0.2, 0.25) is 5.91 Å². The fourth-order valence-corrected chi connectivity index (χ4v) is 3.41. The molecule has 3 amide bonds. The van der Waals surface area contributed by atoms with E-state index in [4.69, 9.17) is 23.2 Å². The van der Waals surface area contributed by atoms with Crippen LogP contribution in [0.25, 0.3) is 0 Å². The zero-order chi connectivity index (χ0) is 17.3. The smallest absolute Gasteiger partial charge is 0.318 e. The normalized spacial score (nSPS) is 19.2. The summed E-state index contributed by atoms with van der Waals surface area (Å²) in [5, 5.41) is 6.85. The van der Waals surface area contributed by atoms with Crippen LogP contribution in [-0.4, -0.2) is 36.0 Å². The summed E-state index contributed by atoms with van der Waals surface area (Å²) in [6.07, 6.45) is 3.11. The molecule has 0 bridgehead atoms. The van der Waals surface area contributed by atoms with Gasteiger partial charge in [0.15, 0.2) is 0 Å². The van der Waals surface area contributed by atoms with E-state index in [-0.39, 0.29) is 29.9 Å². The highest BCUT2D eigenvalue weighted by Crippen LogP contribution is 2.30. The van der Waals surface area contributed by atoms with E-state index in [2.05, 4.69) is 10.6 Å². The molecule has 1 aromatic rings. The number of nitrogens with zero attached hydrogens (tertiary/aromatic N) is 1. The molecule has 24 heavy (non-hydrogen) atoms. The number of nitrogens with one attached hydrogen (secondary N) is 2. The van der Waals surface area contributed by atoms with Gasteiger partial charge in [0.1, 0.15) is 0 Å². The van der Waals surface area contributed by atoms with Crippen molar-refractivity contribution in [3.63, 3.8) is 0 Å². The summed E-state index contributed by atoms with van der Waals surface area (Å²) in [5.74, 6) is 0.309. The summed E-state index contributed by atoms with van der Waals surface area (Å²) in [4.78, 5) is 25.8. The Kier molecular flexibility index (Phi) is 5.21. The highest BCUT2D eigenvalue weighted by molar-refractivity contribution is 6.42. The minimum Gasteiger partial charge on any atom is -0.350 e. The van der Waals surface area contributed by atoms with Crippen LogP contribution in [0.2, 0.25) is 10.0 Å². The van der Waals surface area contributed by atoms with Crippen LogP contribution in [-0.2, 0) is 4.79 Å². The van der Waals surface area contributed by atoms with E-state index in [1.807, 2.05) is 19.1 Å². The van der Waals surface area contributed by atoms with Gasteiger partial charge in [0.05, 0.1) is 22.1 Å². The number of likely N-dealkylation sites (tertiary alicyclic amines) is 1. The number of amides is 3. The molecule has 1 heterocycles. The molecule has 2 fully saturated rings. The number of carbonyl (C=O) groups excluding carboxylic acids is 2. The Labute approximate surface area is 151 Å². The van der Waals surface area contributed by atoms with Crippen molar-refractivity contribution in [2.24, 2.45) is 5.92 Å². The van der Waals surface area contributed by atoms with Crippen LogP contribution in [0.3, 0.4) is 0 Å². The maximum Gasteiger partial charge on any atom is 0.318 e. The van der Waals surface area contributed by atoms with E-state index in [0.717, 1.165) is 24.8 Å². The van der Waals surface area contributed by atoms with Crippen LogP contribution in [0.5, 0.6) is 0 Å². The van der Waals surface area contributed by atoms with E-state index < -0.39 is 0 Å². The summed E-state index contributed by atoms with van der Waals surface area (Å²) in [5.41, 5.74) is 0.785. The van der Waals surface area contributed by atoms with Crippen LogP contribution in [0, 0.1) is 5.92 Å². The van der Waals surface area contributed by atoms with E-state index >= 15 is 0 Å². The van der Waals surface area contributed by atoms with Crippen molar-refractivity contribution in [2.75, 3.05) is 13.1 Å². The number of hydrogen-bond acceptors (Lipinski definition) is 2. The summed E-state index contributed by atoms with van der Waals surface area (Å²) >= 11 is 12.2. The van der Waals surface area contributed by atoms with E-state index in [1.165, 1.54) is 0 Å². The maximum atomic E-state index is 12.3. The number of hydrogen-bond donors (Lipinski definition) is 2. The minimum absolute atomic E-state index is 0.0638. The second kappa shape index (κ2) is 7.19. The molecule has 2 aliphatic rings.